The number of benzene rings is 2. The lowest BCUT2D eigenvalue weighted by molar-refractivity contribution is -0.137. The van der Waals surface area contributed by atoms with Crippen molar-refractivity contribution in [3.63, 3.8) is 0 Å². The number of ether oxygens (including phenoxy) is 2. The van der Waals surface area contributed by atoms with E-state index in [0.717, 1.165) is 17.5 Å². The van der Waals surface area contributed by atoms with E-state index in [-0.39, 0.29) is 12.5 Å². The van der Waals surface area contributed by atoms with E-state index in [0.29, 0.717) is 17.1 Å². The number of hydrogen-bond acceptors (Lipinski definition) is 4. The van der Waals surface area contributed by atoms with Crippen molar-refractivity contribution in [3.05, 3.63) is 59.2 Å². The zero-order valence-electron chi connectivity index (χ0n) is 15.2. The Balaban J connectivity index is 2.29. The van der Waals surface area contributed by atoms with Gasteiger partial charge in [0.25, 0.3) is 5.91 Å². The maximum Gasteiger partial charge on any atom is 0.323 e. The minimum absolute atomic E-state index is 0.133. The van der Waals surface area contributed by atoms with Gasteiger partial charge in [0, 0.05) is 18.2 Å². The van der Waals surface area contributed by atoms with E-state index in [9.17, 15) is 14.7 Å². The summed E-state index contributed by atoms with van der Waals surface area (Å²) in [7, 11) is 3.07. The molecule has 0 aliphatic carbocycles. The molecule has 0 saturated carbocycles. The number of amides is 1. The summed E-state index contributed by atoms with van der Waals surface area (Å²) in [6, 6.07) is 12.4. The van der Waals surface area contributed by atoms with Gasteiger partial charge in [-0.1, -0.05) is 19.1 Å². The molecule has 1 N–H and O–H groups in total. The van der Waals surface area contributed by atoms with Crippen LogP contribution in [-0.4, -0.2) is 42.6 Å². The molecule has 0 atom stereocenters. The fourth-order valence-corrected chi connectivity index (χ4v) is 2.61. The summed E-state index contributed by atoms with van der Waals surface area (Å²) in [6.45, 7) is 1.77. The van der Waals surface area contributed by atoms with E-state index >= 15 is 0 Å². The van der Waals surface area contributed by atoms with Crippen LogP contribution in [0.15, 0.2) is 42.5 Å². The fourth-order valence-electron chi connectivity index (χ4n) is 2.61. The molecular weight excluding hydrogens is 334 g/mol. The Hall–Kier alpha value is -3.02. The highest BCUT2D eigenvalue weighted by Gasteiger charge is 2.19. The number of aryl methyl sites for hydroxylation is 1. The van der Waals surface area contributed by atoms with Crippen molar-refractivity contribution in [2.45, 2.75) is 19.9 Å². The Morgan fingerprint density at radius 3 is 2.00 bits per heavy atom. The normalized spacial score (nSPS) is 10.3. The van der Waals surface area contributed by atoms with Gasteiger partial charge in [-0.05, 0) is 41.8 Å². The molecule has 26 heavy (non-hydrogen) atoms. The Morgan fingerprint density at radius 2 is 1.54 bits per heavy atom. The molecule has 6 nitrogen and oxygen atoms in total. The summed E-state index contributed by atoms with van der Waals surface area (Å²) in [6.07, 6.45) is 0.872. The number of aliphatic carboxylic acids is 1. The second-order valence-electron chi connectivity index (χ2n) is 5.83. The number of rotatable bonds is 8. The van der Waals surface area contributed by atoms with Crippen LogP contribution < -0.4 is 9.47 Å². The minimum Gasteiger partial charge on any atom is -0.497 e. The molecule has 0 aliphatic heterocycles. The molecule has 0 aliphatic rings. The van der Waals surface area contributed by atoms with Crippen LogP contribution in [0.2, 0.25) is 0 Å². The van der Waals surface area contributed by atoms with E-state index in [2.05, 4.69) is 0 Å². The number of nitrogens with zero attached hydrogens (tertiary/aromatic N) is 1. The zero-order valence-corrected chi connectivity index (χ0v) is 15.2. The van der Waals surface area contributed by atoms with Crippen LogP contribution in [0.1, 0.15) is 28.4 Å². The van der Waals surface area contributed by atoms with Crippen molar-refractivity contribution >= 4 is 11.9 Å². The molecule has 0 radical (unpaired) electrons. The van der Waals surface area contributed by atoms with Crippen molar-refractivity contribution < 1.29 is 24.2 Å². The summed E-state index contributed by atoms with van der Waals surface area (Å²) in [5.41, 5.74) is 2.29. The van der Waals surface area contributed by atoms with Gasteiger partial charge >= 0.3 is 5.97 Å². The van der Waals surface area contributed by atoms with Gasteiger partial charge in [0.05, 0.1) is 14.2 Å². The van der Waals surface area contributed by atoms with Crippen LogP contribution in [0.25, 0.3) is 0 Å². The van der Waals surface area contributed by atoms with E-state index in [1.807, 2.05) is 19.1 Å². The molecule has 0 aromatic heterocycles. The van der Waals surface area contributed by atoms with E-state index in [1.165, 1.54) is 19.1 Å². The molecule has 0 bridgehead atoms. The SMILES string of the molecule is CCc1ccc(C(=O)N(CC(=O)O)Cc2cc(OC)cc(OC)c2)cc1. The van der Waals surface area contributed by atoms with Gasteiger partial charge in [0.15, 0.2) is 0 Å². The predicted molar refractivity (Wildman–Crippen MR) is 97.7 cm³/mol. The van der Waals surface area contributed by atoms with Gasteiger partial charge < -0.3 is 19.5 Å². The lowest BCUT2D eigenvalue weighted by atomic mass is 10.1. The van der Waals surface area contributed by atoms with Gasteiger partial charge in [0.1, 0.15) is 18.0 Å². The van der Waals surface area contributed by atoms with Crippen LogP contribution in [-0.2, 0) is 17.8 Å². The molecule has 0 heterocycles. The molecule has 138 valence electrons. The first-order chi connectivity index (χ1) is 12.5. The first-order valence-corrected chi connectivity index (χ1v) is 8.28. The molecular formula is C20H23NO5. The van der Waals surface area contributed by atoms with Crippen molar-refractivity contribution in [1.29, 1.82) is 0 Å². The Morgan fingerprint density at radius 1 is 0.962 bits per heavy atom. The zero-order chi connectivity index (χ0) is 19.1. The van der Waals surface area contributed by atoms with Crippen molar-refractivity contribution in [2.75, 3.05) is 20.8 Å². The molecule has 2 rings (SSSR count). The molecule has 0 saturated heterocycles. The number of carbonyl (C=O) groups excluding carboxylic acids is 1. The number of methoxy groups -OCH3 is 2. The summed E-state index contributed by atoms with van der Waals surface area (Å²) >= 11 is 0. The highest BCUT2D eigenvalue weighted by atomic mass is 16.5. The van der Waals surface area contributed by atoms with Crippen molar-refractivity contribution in [1.82, 2.24) is 4.90 Å². The number of carbonyl (C=O) groups is 2. The predicted octanol–water partition coefficient (Wildman–Crippen LogP) is 2.99. The van der Waals surface area contributed by atoms with Crippen LogP contribution >= 0.6 is 0 Å². The van der Waals surface area contributed by atoms with Crippen molar-refractivity contribution in [2.24, 2.45) is 0 Å². The summed E-state index contributed by atoms with van der Waals surface area (Å²) in [5.74, 6) is -0.251. The smallest absolute Gasteiger partial charge is 0.323 e. The average molecular weight is 357 g/mol. The largest absolute Gasteiger partial charge is 0.497 e. The van der Waals surface area contributed by atoms with Crippen molar-refractivity contribution in [3.8, 4) is 11.5 Å². The highest BCUT2D eigenvalue weighted by Crippen LogP contribution is 2.24. The maximum atomic E-state index is 12.8. The Bertz CT molecular complexity index is 748. The molecule has 2 aromatic rings. The lowest BCUT2D eigenvalue weighted by Crippen LogP contribution is -2.35. The monoisotopic (exact) mass is 357 g/mol. The van der Waals surface area contributed by atoms with Gasteiger partial charge in [-0.3, -0.25) is 9.59 Å². The van der Waals surface area contributed by atoms with Gasteiger partial charge in [0.2, 0.25) is 0 Å². The quantitative estimate of drug-likeness (QED) is 0.786. The van der Waals surface area contributed by atoms with Crippen LogP contribution in [0.3, 0.4) is 0 Å². The summed E-state index contributed by atoms with van der Waals surface area (Å²) in [5, 5.41) is 9.20. The topological polar surface area (TPSA) is 76.1 Å². The highest BCUT2D eigenvalue weighted by molar-refractivity contribution is 5.95. The van der Waals surface area contributed by atoms with E-state index < -0.39 is 12.5 Å². The third-order valence-corrected chi connectivity index (χ3v) is 4.01. The minimum atomic E-state index is -1.07. The van der Waals surface area contributed by atoms with E-state index in [1.54, 1.807) is 30.3 Å². The number of carboxylic acids is 1. The van der Waals surface area contributed by atoms with E-state index in [4.69, 9.17) is 9.47 Å². The summed E-state index contributed by atoms with van der Waals surface area (Å²) in [4.78, 5) is 25.3. The molecule has 0 spiro atoms. The molecule has 0 unspecified atom stereocenters. The second-order valence-corrected chi connectivity index (χ2v) is 5.83. The molecule has 6 heteroatoms. The maximum absolute atomic E-state index is 12.8. The third kappa shape index (κ3) is 4.99. The fraction of sp³-hybridized carbons (Fsp3) is 0.300. The number of carboxylic acid groups (broad SMARTS) is 1. The Kier molecular flexibility index (Phi) is 6.60. The number of hydrogen-bond donors (Lipinski definition) is 1. The average Bonchev–Trinajstić information content (AvgIpc) is 2.66. The first-order valence-electron chi connectivity index (χ1n) is 8.28. The van der Waals surface area contributed by atoms with Gasteiger partial charge in [-0.2, -0.15) is 0 Å². The summed E-state index contributed by atoms with van der Waals surface area (Å²) < 4.78 is 10.5. The lowest BCUT2D eigenvalue weighted by Gasteiger charge is -2.21. The van der Waals surface area contributed by atoms with Crippen LogP contribution in [0, 0.1) is 0 Å². The molecule has 0 fully saturated rings. The molecule has 1 amide bonds. The van der Waals surface area contributed by atoms with Gasteiger partial charge in [-0.15, -0.1) is 0 Å². The standard InChI is InChI=1S/C20H23NO5/c1-4-14-5-7-16(8-6-14)20(24)21(13-19(22)23)12-15-9-17(25-2)11-18(10-15)26-3/h5-11H,4,12-13H2,1-3H3,(H,22,23). The van der Waals surface area contributed by atoms with Crippen LogP contribution in [0.4, 0.5) is 0 Å². The van der Waals surface area contributed by atoms with Crippen LogP contribution in [0.5, 0.6) is 11.5 Å². The first kappa shape index (κ1) is 19.3. The Labute approximate surface area is 153 Å². The third-order valence-electron chi connectivity index (χ3n) is 4.01. The second kappa shape index (κ2) is 8.89. The van der Waals surface area contributed by atoms with Gasteiger partial charge in [-0.25, -0.2) is 0 Å². The molecule has 2 aromatic carbocycles.